The average molecular weight is 387 g/mol. The smallest absolute Gasteiger partial charge is 0.326 e. The summed E-state index contributed by atoms with van der Waals surface area (Å²) in [7, 11) is 0. The van der Waals surface area contributed by atoms with Gasteiger partial charge in [-0.2, -0.15) is 0 Å². The Balaban J connectivity index is 1.91. The number of aliphatic hydroxyl groups is 1. The number of urea groups is 1. The summed E-state index contributed by atoms with van der Waals surface area (Å²) in [6, 6.07) is 4.79. The summed E-state index contributed by atoms with van der Waals surface area (Å²) < 4.78 is 0. The zero-order chi connectivity index (χ0) is 20.1. The molecule has 0 saturated carbocycles. The van der Waals surface area contributed by atoms with Crippen LogP contribution in [0.1, 0.15) is 44.2 Å². The number of carbonyl (C=O) groups is 2. The molecule has 3 unspecified atom stereocenters. The van der Waals surface area contributed by atoms with Crippen molar-refractivity contribution in [2.45, 2.75) is 56.6 Å². The van der Waals surface area contributed by atoms with Crippen molar-refractivity contribution >= 4 is 11.9 Å². The van der Waals surface area contributed by atoms with Gasteiger partial charge in [-0.15, -0.1) is 0 Å². The largest absolute Gasteiger partial charge is 0.508 e. The van der Waals surface area contributed by atoms with Crippen molar-refractivity contribution in [3.8, 4) is 5.75 Å². The lowest BCUT2D eigenvalue weighted by molar-refractivity contribution is -0.140. The molecule has 1 aliphatic carbocycles. The average Bonchev–Trinajstić information content (AvgIpc) is 2.68. The molecule has 0 spiro atoms. The van der Waals surface area contributed by atoms with E-state index in [0.717, 1.165) is 11.1 Å². The fourth-order valence-electron chi connectivity index (χ4n) is 5.58. The van der Waals surface area contributed by atoms with E-state index in [1.165, 1.54) is 4.90 Å². The van der Waals surface area contributed by atoms with Crippen LogP contribution in [-0.4, -0.2) is 69.8 Å². The molecule has 0 aromatic heterocycles. The summed E-state index contributed by atoms with van der Waals surface area (Å²) in [5.41, 5.74) is -0.0777. The Kier molecular flexibility index (Phi) is 4.62. The number of hydrogen-bond donors (Lipinski definition) is 3. The fraction of sp³-hybridized carbons (Fsp3) is 0.619. The molecule has 2 aliphatic heterocycles. The third kappa shape index (κ3) is 2.56. The van der Waals surface area contributed by atoms with Crippen molar-refractivity contribution in [3.63, 3.8) is 0 Å². The fourth-order valence-corrected chi connectivity index (χ4v) is 5.58. The third-order valence-electron chi connectivity index (χ3n) is 7.10. The van der Waals surface area contributed by atoms with Crippen molar-refractivity contribution in [3.05, 3.63) is 29.3 Å². The van der Waals surface area contributed by atoms with Gasteiger partial charge in [-0.05, 0) is 62.9 Å². The van der Waals surface area contributed by atoms with Gasteiger partial charge < -0.3 is 20.4 Å². The van der Waals surface area contributed by atoms with E-state index in [-0.39, 0.29) is 30.2 Å². The standard InChI is InChI=1S/C21H29N3O4/c1-3-23-10-8-21(28)17-11-14-5-6-15(25)12-16(14)20(21,7-9-22-17)13-18(26)24(4-2)19(23)27/h5-6,12,17,22,25,28H,3-4,7-11,13H2,1-2H3. The first-order valence-electron chi connectivity index (χ1n) is 10.2. The Morgan fingerprint density at radius 1 is 1.21 bits per heavy atom. The van der Waals surface area contributed by atoms with E-state index in [0.29, 0.717) is 45.4 Å². The first kappa shape index (κ1) is 19.2. The van der Waals surface area contributed by atoms with Gasteiger partial charge in [-0.25, -0.2) is 4.79 Å². The molecular formula is C21H29N3O4. The quantitative estimate of drug-likeness (QED) is 0.713. The molecule has 3 amide bonds. The summed E-state index contributed by atoms with van der Waals surface area (Å²) in [4.78, 5) is 29.2. The third-order valence-corrected chi connectivity index (χ3v) is 7.10. The van der Waals surface area contributed by atoms with Crippen molar-refractivity contribution < 1.29 is 19.8 Å². The van der Waals surface area contributed by atoms with Gasteiger partial charge in [-0.1, -0.05) is 6.07 Å². The topological polar surface area (TPSA) is 93.1 Å². The molecule has 3 atom stereocenters. The molecule has 1 aromatic rings. The number of nitrogens with zero attached hydrogens (tertiary/aromatic N) is 2. The summed E-state index contributed by atoms with van der Waals surface area (Å²) in [5, 5.41) is 25.7. The van der Waals surface area contributed by atoms with E-state index in [1.54, 1.807) is 24.0 Å². The highest BCUT2D eigenvalue weighted by Crippen LogP contribution is 2.53. The Hall–Kier alpha value is -2.12. The van der Waals surface area contributed by atoms with Crippen LogP contribution in [0.15, 0.2) is 18.2 Å². The van der Waals surface area contributed by atoms with E-state index < -0.39 is 11.0 Å². The molecule has 3 aliphatic rings. The Labute approximate surface area is 165 Å². The number of piperidine rings is 1. The molecule has 1 aromatic carbocycles. The van der Waals surface area contributed by atoms with Gasteiger partial charge in [0.2, 0.25) is 5.91 Å². The molecular weight excluding hydrogens is 358 g/mol. The van der Waals surface area contributed by atoms with Crippen LogP contribution in [0.3, 0.4) is 0 Å². The summed E-state index contributed by atoms with van der Waals surface area (Å²) in [6.07, 6.45) is 1.68. The second kappa shape index (κ2) is 6.74. The highest BCUT2D eigenvalue weighted by Gasteiger charge is 2.62. The molecule has 3 N–H and O–H groups in total. The summed E-state index contributed by atoms with van der Waals surface area (Å²) in [6.45, 7) is 5.56. The summed E-state index contributed by atoms with van der Waals surface area (Å²) >= 11 is 0. The molecule has 7 heteroatoms. The number of hydrogen-bond acceptors (Lipinski definition) is 5. The van der Waals surface area contributed by atoms with Gasteiger partial charge >= 0.3 is 6.03 Å². The maximum Gasteiger partial charge on any atom is 0.326 e. The number of phenols is 1. The van der Waals surface area contributed by atoms with E-state index in [1.807, 2.05) is 13.0 Å². The van der Waals surface area contributed by atoms with Gasteiger partial charge in [0.05, 0.1) is 5.60 Å². The molecule has 2 bridgehead atoms. The van der Waals surface area contributed by atoms with Crippen LogP contribution in [0.2, 0.25) is 0 Å². The van der Waals surface area contributed by atoms with Crippen LogP contribution >= 0.6 is 0 Å². The number of phenolic OH excluding ortho intramolecular Hbond substituents is 1. The second-order valence-electron chi connectivity index (χ2n) is 8.24. The number of benzene rings is 1. The Morgan fingerprint density at radius 2 is 2.00 bits per heavy atom. The number of fused-ring (bicyclic) bond motifs is 1. The van der Waals surface area contributed by atoms with Gasteiger partial charge in [0.25, 0.3) is 0 Å². The maximum absolute atomic E-state index is 13.3. The zero-order valence-electron chi connectivity index (χ0n) is 16.6. The van der Waals surface area contributed by atoms with Crippen LogP contribution in [0.5, 0.6) is 5.75 Å². The number of carbonyl (C=O) groups excluding carboxylic acids is 2. The lowest BCUT2D eigenvalue weighted by Gasteiger charge is -2.58. The molecule has 4 rings (SSSR count). The lowest BCUT2D eigenvalue weighted by atomic mass is 9.52. The molecule has 152 valence electrons. The minimum absolute atomic E-state index is 0.0647. The maximum atomic E-state index is 13.3. The normalized spacial score (nSPS) is 32.9. The molecule has 7 nitrogen and oxygen atoms in total. The predicted octanol–water partition coefficient (Wildman–Crippen LogP) is 1.36. The van der Waals surface area contributed by atoms with Crippen LogP contribution in [0.25, 0.3) is 0 Å². The van der Waals surface area contributed by atoms with Crippen LogP contribution < -0.4 is 5.32 Å². The molecule has 0 radical (unpaired) electrons. The van der Waals surface area contributed by atoms with E-state index >= 15 is 0 Å². The van der Waals surface area contributed by atoms with Gasteiger partial charge in [-0.3, -0.25) is 9.69 Å². The lowest BCUT2D eigenvalue weighted by Crippen LogP contribution is -2.71. The van der Waals surface area contributed by atoms with E-state index in [9.17, 15) is 19.8 Å². The van der Waals surface area contributed by atoms with Gasteiger partial charge in [0.1, 0.15) is 5.75 Å². The number of amides is 3. The first-order chi connectivity index (χ1) is 13.4. The van der Waals surface area contributed by atoms with Crippen molar-refractivity contribution in [1.82, 2.24) is 15.1 Å². The summed E-state index contributed by atoms with van der Waals surface area (Å²) in [5.74, 6) is -0.124. The van der Waals surface area contributed by atoms with Crippen LogP contribution in [-0.2, 0) is 16.6 Å². The van der Waals surface area contributed by atoms with Crippen molar-refractivity contribution in [2.24, 2.45) is 0 Å². The molecule has 2 heterocycles. The molecule has 2 fully saturated rings. The number of aromatic hydroxyl groups is 1. The van der Waals surface area contributed by atoms with Gasteiger partial charge in [0, 0.05) is 37.5 Å². The SMILES string of the molecule is CCN1CCC2(O)C3Cc4ccc(O)cc4C2(CCN3)CC(=O)N(CC)C1=O. The second-order valence-corrected chi connectivity index (χ2v) is 8.24. The minimum Gasteiger partial charge on any atom is -0.508 e. The van der Waals surface area contributed by atoms with Crippen LogP contribution in [0, 0.1) is 0 Å². The Bertz CT molecular complexity index is 813. The van der Waals surface area contributed by atoms with E-state index in [2.05, 4.69) is 5.32 Å². The Morgan fingerprint density at radius 3 is 2.71 bits per heavy atom. The van der Waals surface area contributed by atoms with Gasteiger partial charge in [0.15, 0.2) is 0 Å². The highest BCUT2D eigenvalue weighted by atomic mass is 16.3. The monoisotopic (exact) mass is 387 g/mol. The minimum atomic E-state index is -1.17. The zero-order valence-corrected chi connectivity index (χ0v) is 16.6. The highest BCUT2D eigenvalue weighted by molar-refractivity contribution is 5.95. The predicted molar refractivity (Wildman–Crippen MR) is 104 cm³/mol. The first-order valence-corrected chi connectivity index (χ1v) is 10.2. The van der Waals surface area contributed by atoms with Crippen LogP contribution in [0.4, 0.5) is 4.79 Å². The molecule has 28 heavy (non-hydrogen) atoms. The number of imide groups is 1. The van der Waals surface area contributed by atoms with Crippen molar-refractivity contribution in [2.75, 3.05) is 26.2 Å². The molecule has 2 saturated heterocycles. The van der Waals surface area contributed by atoms with Crippen molar-refractivity contribution in [1.29, 1.82) is 0 Å². The number of nitrogens with one attached hydrogen (secondary N) is 1. The van der Waals surface area contributed by atoms with E-state index in [4.69, 9.17) is 0 Å². The number of rotatable bonds is 2.